The van der Waals surface area contributed by atoms with Gasteiger partial charge in [0.05, 0.1) is 6.04 Å². The van der Waals surface area contributed by atoms with Gasteiger partial charge in [-0.2, -0.15) is 0 Å². The third-order valence-electron chi connectivity index (χ3n) is 3.26. The molecular formula is C13H19Cl2F3N2. The van der Waals surface area contributed by atoms with Gasteiger partial charge in [-0.15, -0.1) is 24.8 Å². The molecule has 0 saturated carbocycles. The van der Waals surface area contributed by atoms with E-state index >= 15 is 0 Å². The Kier molecular flexibility index (Phi) is 8.51. The Morgan fingerprint density at radius 3 is 2.25 bits per heavy atom. The molecule has 1 aromatic carbocycles. The summed E-state index contributed by atoms with van der Waals surface area (Å²) in [7, 11) is 0. The van der Waals surface area contributed by atoms with Crippen LogP contribution in [0.25, 0.3) is 0 Å². The maximum Gasteiger partial charge on any atom is 0.258 e. The Morgan fingerprint density at radius 1 is 1.15 bits per heavy atom. The number of aryl methyl sites for hydroxylation is 1. The number of nitrogens with one attached hydrogen (secondary N) is 1. The average molecular weight is 331 g/mol. The molecule has 1 aliphatic rings. The molecule has 1 N–H and O–H groups in total. The Morgan fingerprint density at radius 2 is 1.75 bits per heavy atom. The quantitative estimate of drug-likeness (QED) is 0.915. The van der Waals surface area contributed by atoms with E-state index in [0.717, 1.165) is 5.56 Å². The second kappa shape index (κ2) is 8.72. The second-order valence-electron chi connectivity index (χ2n) is 4.59. The van der Waals surface area contributed by atoms with Crippen molar-refractivity contribution < 1.29 is 13.2 Å². The van der Waals surface area contributed by atoms with Crippen molar-refractivity contribution in [1.82, 2.24) is 10.2 Å². The lowest BCUT2D eigenvalue weighted by Gasteiger charge is -2.34. The molecule has 20 heavy (non-hydrogen) atoms. The summed E-state index contributed by atoms with van der Waals surface area (Å²) in [4.78, 5) is 1.65. The smallest absolute Gasteiger partial charge is 0.258 e. The van der Waals surface area contributed by atoms with Crippen LogP contribution in [-0.4, -0.2) is 37.5 Å². The standard InChI is InChI=1S/C13H17F3N2.2ClH/c1-9-2-3-10(11(14)8-9)12(13(15)16)18-6-4-17-5-7-18;;/h2-3,8,12-13,17H,4-7H2,1H3;2*1H/t12-;;/m1../s1. The Hall–Kier alpha value is -0.490. The average Bonchev–Trinajstić information content (AvgIpc) is 2.33. The highest BCUT2D eigenvalue weighted by atomic mass is 35.5. The fourth-order valence-electron chi connectivity index (χ4n) is 2.32. The largest absolute Gasteiger partial charge is 0.314 e. The minimum absolute atomic E-state index is 0. The summed E-state index contributed by atoms with van der Waals surface area (Å²) in [6.45, 7) is 4.10. The molecule has 1 heterocycles. The van der Waals surface area contributed by atoms with Crippen LogP contribution in [0, 0.1) is 12.7 Å². The van der Waals surface area contributed by atoms with Crippen LogP contribution in [0.1, 0.15) is 17.2 Å². The molecule has 2 rings (SSSR count). The van der Waals surface area contributed by atoms with Crippen LogP contribution >= 0.6 is 24.8 Å². The summed E-state index contributed by atoms with van der Waals surface area (Å²) < 4.78 is 40.3. The fraction of sp³-hybridized carbons (Fsp3) is 0.538. The van der Waals surface area contributed by atoms with E-state index in [1.54, 1.807) is 17.9 Å². The first-order chi connectivity index (χ1) is 8.59. The summed E-state index contributed by atoms with van der Waals surface area (Å²) in [5, 5.41) is 3.10. The van der Waals surface area contributed by atoms with Crippen LogP contribution in [0.2, 0.25) is 0 Å². The number of alkyl halides is 2. The Labute approximate surface area is 129 Å². The first kappa shape index (κ1) is 19.5. The highest BCUT2D eigenvalue weighted by molar-refractivity contribution is 5.85. The number of rotatable bonds is 3. The molecule has 1 aliphatic heterocycles. The third-order valence-corrected chi connectivity index (χ3v) is 3.26. The van der Waals surface area contributed by atoms with Crippen molar-refractivity contribution in [3.8, 4) is 0 Å². The highest BCUT2D eigenvalue weighted by Crippen LogP contribution is 2.30. The van der Waals surface area contributed by atoms with E-state index in [-0.39, 0.29) is 30.4 Å². The molecule has 1 fully saturated rings. The minimum atomic E-state index is -2.58. The van der Waals surface area contributed by atoms with Gasteiger partial charge in [-0.25, -0.2) is 13.2 Å². The van der Waals surface area contributed by atoms with Gasteiger partial charge in [0, 0.05) is 31.7 Å². The van der Waals surface area contributed by atoms with Crippen molar-refractivity contribution in [2.75, 3.05) is 26.2 Å². The lowest BCUT2D eigenvalue weighted by atomic mass is 10.0. The molecule has 0 amide bonds. The summed E-state index contributed by atoms with van der Waals surface area (Å²) in [5.41, 5.74) is 0.835. The van der Waals surface area contributed by atoms with Crippen molar-refractivity contribution >= 4 is 24.8 Å². The summed E-state index contributed by atoms with van der Waals surface area (Å²) >= 11 is 0. The Balaban J connectivity index is 0.00000180. The van der Waals surface area contributed by atoms with Crippen molar-refractivity contribution in [2.24, 2.45) is 0 Å². The van der Waals surface area contributed by atoms with Crippen LogP contribution in [-0.2, 0) is 0 Å². The first-order valence-corrected chi connectivity index (χ1v) is 6.08. The number of hydrogen-bond acceptors (Lipinski definition) is 2. The number of benzene rings is 1. The molecule has 0 unspecified atom stereocenters. The predicted molar refractivity (Wildman–Crippen MR) is 78.8 cm³/mol. The first-order valence-electron chi connectivity index (χ1n) is 6.08. The molecule has 2 nitrogen and oxygen atoms in total. The summed E-state index contributed by atoms with van der Waals surface area (Å²) in [6, 6.07) is 3.32. The molecule has 1 atom stereocenters. The predicted octanol–water partition coefficient (Wildman–Crippen LogP) is 3.19. The van der Waals surface area contributed by atoms with E-state index in [4.69, 9.17) is 0 Å². The van der Waals surface area contributed by atoms with Gasteiger partial charge >= 0.3 is 0 Å². The molecule has 0 aliphatic carbocycles. The van der Waals surface area contributed by atoms with E-state index in [1.165, 1.54) is 12.1 Å². The molecule has 0 aromatic heterocycles. The second-order valence-corrected chi connectivity index (χ2v) is 4.59. The molecular weight excluding hydrogens is 312 g/mol. The van der Waals surface area contributed by atoms with Crippen molar-refractivity contribution in [3.05, 3.63) is 35.1 Å². The zero-order chi connectivity index (χ0) is 13.1. The lowest BCUT2D eigenvalue weighted by Crippen LogP contribution is -2.47. The minimum Gasteiger partial charge on any atom is -0.314 e. The molecule has 0 bridgehead atoms. The van der Waals surface area contributed by atoms with Crippen molar-refractivity contribution in [1.29, 1.82) is 0 Å². The number of hydrogen-bond donors (Lipinski definition) is 1. The molecule has 1 saturated heterocycles. The van der Waals surface area contributed by atoms with Gasteiger partial charge in [-0.05, 0) is 18.6 Å². The van der Waals surface area contributed by atoms with Crippen molar-refractivity contribution in [3.63, 3.8) is 0 Å². The zero-order valence-electron chi connectivity index (χ0n) is 11.1. The number of nitrogens with zero attached hydrogens (tertiary/aromatic N) is 1. The van der Waals surface area contributed by atoms with E-state index in [9.17, 15) is 13.2 Å². The van der Waals surface area contributed by atoms with E-state index in [0.29, 0.717) is 26.2 Å². The van der Waals surface area contributed by atoms with Gasteiger partial charge in [-0.1, -0.05) is 12.1 Å². The normalized spacial score (nSPS) is 17.2. The molecule has 116 valence electrons. The third kappa shape index (κ3) is 4.52. The topological polar surface area (TPSA) is 15.3 Å². The number of piperazine rings is 1. The van der Waals surface area contributed by atoms with Gasteiger partial charge in [-0.3, -0.25) is 4.90 Å². The van der Waals surface area contributed by atoms with Crippen LogP contribution in [0.5, 0.6) is 0 Å². The molecule has 0 radical (unpaired) electrons. The van der Waals surface area contributed by atoms with Gasteiger partial charge in [0.1, 0.15) is 5.82 Å². The highest BCUT2D eigenvalue weighted by Gasteiger charge is 2.31. The lowest BCUT2D eigenvalue weighted by molar-refractivity contribution is 0.0164. The van der Waals surface area contributed by atoms with Crippen LogP contribution in [0.15, 0.2) is 18.2 Å². The SMILES string of the molecule is Cc1ccc([C@H](C(F)F)N2CCNCC2)c(F)c1.Cl.Cl. The number of halogens is 5. The maximum atomic E-state index is 13.8. The van der Waals surface area contributed by atoms with Crippen LogP contribution in [0.4, 0.5) is 13.2 Å². The maximum absolute atomic E-state index is 13.8. The van der Waals surface area contributed by atoms with Gasteiger partial charge in [0.25, 0.3) is 6.43 Å². The van der Waals surface area contributed by atoms with Crippen molar-refractivity contribution in [2.45, 2.75) is 19.4 Å². The summed E-state index contributed by atoms with van der Waals surface area (Å²) in [5.74, 6) is -0.543. The van der Waals surface area contributed by atoms with Crippen LogP contribution in [0.3, 0.4) is 0 Å². The van der Waals surface area contributed by atoms with Gasteiger partial charge in [0.15, 0.2) is 0 Å². The van der Waals surface area contributed by atoms with Gasteiger partial charge in [0.2, 0.25) is 0 Å². The zero-order valence-corrected chi connectivity index (χ0v) is 12.7. The Bertz CT molecular complexity index is 413. The van der Waals surface area contributed by atoms with Crippen LogP contribution < -0.4 is 5.32 Å². The van der Waals surface area contributed by atoms with E-state index < -0.39 is 18.3 Å². The monoisotopic (exact) mass is 330 g/mol. The molecule has 1 aromatic rings. The van der Waals surface area contributed by atoms with Gasteiger partial charge < -0.3 is 5.32 Å². The van der Waals surface area contributed by atoms with E-state index in [2.05, 4.69) is 5.32 Å². The summed E-state index contributed by atoms with van der Waals surface area (Å²) in [6.07, 6.45) is -2.58. The molecule has 0 spiro atoms. The van der Waals surface area contributed by atoms with E-state index in [1.807, 2.05) is 0 Å². The molecule has 7 heteroatoms. The fourth-order valence-corrected chi connectivity index (χ4v) is 2.32.